The van der Waals surface area contributed by atoms with E-state index in [0.29, 0.717) is 5.56 Å². The van der Waals surface area contributed by atoms with Gasteiger partial charge in [0.25, 0.3) is 0 Å². The van der Waals surface area contributed by atoms with E-state index in [0.717, 1.165) is 29.9 Å². The van der Waals surface area contributed by atoms with Crippen LogP contribution in [0.2, 0.25) is 0 Å². The molecule has 0 aliphatic carbocycles. The Balaban J connectivity index is 1.99. The first-order chi connectivity index (χ1) is 9.09. The molecule has 0 amide bonds. The second-order valence-corrected chi connectivity index (χ2v) is 7.67. The van der Waals surface area contributed by atoms with Gasteiger partial charge in [-0.25, -0.2) is 13.1 Å². The van der Waals surface area contributed by atoms with Crippen LogP contribution in [0.4, 0.5) is 0 Å². The van der Waals surface area contributed by atoms with Crippen LogP contribution < -0.4 is 4.72 Å². The number of hydrogen-bond donors (Lipinski definition) is 2. The van der Waals surface area contributed by atoms with Crippen molar-refractivity contribution in [1.82, 2.24) is 4.72 Å². The van der Waals surface area contributed by atoms with E-state index < -0.39 is 10.0 Å². The fourth-order valence-corrected chi connectivity index (χ4v) is 4.75. The topological polar surface area (TPSA) is 66.4 Å². The van der Waals surface area contributed by atoms with E-state index in [4.69, 9.17) is 5.11 Å². The molecular formula is C13H19NO3S2. The molecule has 1 fully saturated rings. The van der Waals surface area contributed by atoms with Gasteiger partial charge in [0, 0.05) is 11.8 Å². The molecule has 1 aliphatic heterocycles. The number of aliphatic hydroxyl groups excluding tert-OH is 1. The minimum atomic E-state index is -3.30. The number of rotatable bonds is 5. The molecule has 1 aromatic carbocycles. The maximum absolute atomic E-state index is 12.1. The highest BCUT2D eigenvalue weighted by atomic mass is 32.2. The first kappa shape index (κ1) is 14.8. The molecule has 0 aromatic heterocycles. The van der Waals surface area contributed by atoms with Gasteiger partial charge in [-0.2, -0.15) is 11.8 Å². The molecule has 2 N–H and O–H groups in total. The minimum absolute atomic E-state index is 0.0258. The Morgan fingerprint density at radius 2 is 2.16 bits per heavy atom. The smallest absolute Gasteiger partial charge is 0.216 e. The van der Waals surface area contributed by atoms with Crippen molar-refractivity contribution in [1.29, 1.82) is 0 Å². The monoisotopic (exact) mass is 301 g/mol. The second kappa shape index (κ2) is 6.74. The lowest BCUT2D eigenvalue weighted by molar-refractivity contribution is 0.282. The third-order valence-electron chi connectivity index (χ3n) is 3.04. The highest BCUT2D eigenvalue weighted by Gasteiger charge is 2.20. The Morgan fingerprint density at radius 1 is 1.37 bits per heavy atom. The van der Waals surface area contributed by atoms with Crippen molar-refractivity contribution in [2.75, 3.05) is 11.5 Å². The van der Waals surface area contributed by atoms with Crippen LogP contribution in [0.5, 0.6) is 0 Å². The predicted octanol–water partition coefficient (Wildman–Crippen LogP) is 1.49. The van der Waals surface area contributed by atoms with E-state index in [-0.39, 0.29) is 18.4 Å². The number of thioether (sulfide) groups is 1. The van der Waals surface area contributed by atoms with Crippen LogP contribution >= 0.6 is 11.8 Å². The van der Waals surface area contributed by atoms with Gasteiger partial charge in [-0.05, 0) is 29.7 Å². The van der Waals surface area contributed by atoms with Gasteiger partial charge in [0.15, 0.2) is 0 Å². The first-order valence-electron chi connectivity index (χ1n) is 6.35. The lowest BCUT2D eigenvalue weighted by Gasteiger charge is -2.22. The van der Waals surface area contributed by atoms with Crippen LogP contribution in [0.3, 0.4) is 0 Å². The zero-order chi connectivity index (χ0) is 13.7. The van der Waals surface area contributed by atoms with E-state index in [9.17, 15) is 8.42 Å². The summed E-state index contributed by atoms with van der Waals surface area (Å²) in [6, 6.07) is 7.11. The highest BCUT2D eigenvalue weighted by molar-refractivity contribution is 7.99. The average Bonchev–Trinajstić information content (AvgIpc) is 2.39. The molecule has 2 rings (SSSR count). The summed E-state index contributed by atoms with van der Waals surface area (Å²) in [5.41, 5.74) is 1.45. The molecule has 1 aromatic rings. The van der Waals surface area contributed by atoms with Gasteiger partial charge in [0.05, 0.1) is 12.4 Å². The van der Waals surface area contributed by atoms with E-state index in [1.807, 2.05) is 0 Å². The van der Waals surface area contributed by atoms with Crippen LogP contribution in [-0.4, -0.2) is 31.1 Å². The number of benzene rings is 1. The van der Waals surface area contributed by atoms with Gasteiger partial charge in [0.2, 0.25) is 10.0 Å². The Labute approximate surface area is 118 Å². The SMILES string of the molecule is O=S(=O)(Cc1cccc(CO)c1)NC1CCCSC1. The van der Waals surface area contributed by atoms with Crippen LogP contribution in [-0.2, 0) is 22.4 Å². The van der Waals surface area contributed by atoms with Crippen LogP contribution in [0.25, 0.3) is 0 Å². The molecule has 19 heavy (non-hydrogen) atoms. The van der Waals surface area contributed by atoms with Crippen molar-refractivity contribution in [3.8, 4) is 0 Å². The Kier molecular flexibility index (Phi) is 5.27. The van der Waals surface area contributed by atoms with Crippen molar-refractivity contribution in [3.05, 3.63) is 35.4 Å². The Hall–Kier alpha value is -0.560. The third-order valence-corrected chi connectivity index (χ3v) is 5.66. The van der Waals surface area contributed by atoms with Gasteiger partial charge >= 0.3 is 0 Å². The van der Waals surface area contributed by atoms with Crippen LogP contribution in [0.15, 0.2) is 24.3 Å². The maximum Gasteiger partial charge on any atom is 0.216 e. The lowest BCUT2D eigenvalue weighted by atomic mass is 10.1. The summed E-state index contributed by atoms with van der Waals surface area (Å²) in [5, 5.41) is 9.05. The molecule has 1 aliphatic rings. The molecule has 1 unspecified atom stereocenters. The highest BCUT2D eigenvalue weighted by Crippen LogP contribution is 2.18. The van der Waals surface area contributed by atoms with E-state index in [2.05, 4.69) is 4.72 Å². The van der Waals surface area contributed by atoms with Gasteiger partial charge in [-0.1, -0.05) is 24.3 Å². The molecule has 6 heteroatoms. The van der Waals surface area contributed by atoms with Crippen molar-refractivity contribution >= 4 is 21.8 Å². The average molecular weight is 301 g/mol. The minimum Gasteiger partial charge on any atom is -0.392 e. The summed E-state index contributed by atoms with van der Waals surface area (Å²) < 4.78 is 26.9. The van der Waals surface area contributed by atoms with Crippen LogP contribution in [0, 0.1) is 0 Å². The zero-order valence-electron chi connectivity index (χ0n) is 10.7. The predicted molar refractivity (Wildman–Crippen MR) is 78.5 cm³/mol. The number of nitrogens with one attached hydrogen (secondary N) is 1. The largest absolute Gasteiger partial charge is 0.392 e. The summed E-state index contributed by atoms with van der Waals surface area (Å²) in [4.78, 5) is 0. The quantitative estimate of drug-likeness (QED) is 0.865. The number of aliphatic hydroxyl groups is 1. The molecule has 0 bridgehead atoms. The van der Waals surface area contributed by atoms with E-state index in [1.54, 1.807) is 36.0 Å². The molecule has 4 nitrogen and oxygen atoms in total. The summed E-state index contributed by atoms with van der Waals surface area (Å²) >= 11 is 1.80. The van der Waals surface area contributed by atoms with Crippen molar-refractivity contribution in [2.24, 2.45) is 0 Å². The molecule has 0 saturated carbocycles. The molecule has 1 saturated heterocycles. The normalized spacial score (nSPS) is 20.4. The van der Waals surface area contributed by atoms with Crippen molar-refractivity contribution < 1.29 is 13.5 Å². The third kappa shape index (κ3) is 4.80. The maximum atomic E-state index is 12.1. The Morgan fingerprint density at radius 3 is 2.84 bits per heavy atom. The Bertz CT molecular complexity index is 510. The summed E-state index contributed by atoms with van der Waals surface area (Å²) in [6.45, 7) is -0.0689. The summed E-state index contributed by atoms with van der Waals surface area (Å²) in [7, 11) is -3.30. The fourth-order valence-electron chi connectivity index (χ4n) is 2.17. The lowest BCUT2D eigenvalue weighted by Crippen LogP contribution is -2.38. The molecule has 1 heterocycles. The van der Waals surface area contributed by atoms with Crippen LogP contribution in [0.1, 0.15) is 24.0 Å². The van der Waals surface area contributed by atoms with Crippen molar-refractivity contribution in [2.45, 2.75) is 31.2 Å². The summed E-state index contributed by atoms with van der Waals surface area (Å²) in [6.07, 6.45) is 1.99. The molecule has 0 spiro atoms. The molecule has 1 atom stereocenters. The molecule has 0 radical (unpaired) electrons. The molecule has 106 valence electrons. The van der Waals surface area contributed by atoms with Gasteiger partial charge in [-0.15, -0.1) is 0 Å². The van der Waals surface area contributed by atoms with Gasteiger partial charge in [0.1, 0.15) is 0 Å². The number of hydrogen-bond acceptors (Lipinski definition) is 4. The fraction of sp³-hybridized carbons (Fsp3) is 0.538. The molecular weight excluding hydrogens is 282 g/mol. The standard InChI is InChI=1S/C13H19NO3S2/c15-8-11-3-1-4-12(7-11)10-19(16,17)14-13-5-2-6-18-9-13/h1,3-4,7,13-15H,2,5-6,8-10H2. The van der Waals surface area contributed by atoms with E-state index >= 15 is 0 Å². The zero-order valence-corrected chi connectivity index (χ0v) is 12.3. The first-order valence-corrected chi connectivity index (χ1v) is 9.16. The van der Waals surface area contributed by atoms with Gasteiger partial charge in [-0.3, -0.25) is 0 Å². The van der Waals surface area contributed by atoms with Crippen molar-refractivity contribution in [3.63, 3.8) is 0 Å². The second-order valence-electron chi connectivity index (χ2n) is 4.77. The van der Waals surface area contributed by atoms with E-state index in [1.165, 1.54) is 0 Å². The summed E-state index contributed by atoms with van der Waals surface area (Å²) in [5.74, 6) is 1.95. The van der Waals surface area contributed by atoms with Gasteiger partial charge < -0.3 is 5.11 Å². The number of sulfonamides is 1.